The number of nitrogens with zero attached hydrogens (tertiary/aromatic N) is 1. The summed E-state index contributed by atoms with van der Waals surface area (Å²) in [6.45, 7) is 3.76. The van der Waals surface area contributed by atoms with Crippen molar-refractivity contribution < 1.29 is 14.3 Å². The van der Waals surface area contributed by atoms with Crippen molar-refractivity contribution in [1.82, 2.24) is 0 Å². The lowest BCUT2D eigenvalue weighted by molar-refractivity contribution is -0.879. The molecule has 0 aromatic carbocycles. The van der Waals surface area contributed by atoms with Crippen LogP contribution in [0.25, 0.3) is 0 Å². The molecular formula is C16H34NO2+. The highest BCUT2D eigenvalue weighted by atomic mass is 16.5. The minimum atomic E-state index is 0.355. The molecule has 1 heterocycles. The number of likely N-dealkylation sites (tertiary alicyclic amines) is 1. The number of quaternary nitrogens is 1. The van der Waals surface area contributed by atoms with E-state index < -0.39 is 0 Å². The summed E-state index contributed by atoms with van der Waals surface area (Å²) in [5.41, 5.74) is 0. The predicted molar refractivity (Wildman–Crippen MR) is 80.2 cm³/mol. The molecule has 1 aliphatic rings. The Morgan fingerprint density at radius 1 is 0.947 bits per heavy atom. The van der Waals surface area contributed by atoms with Gasteiger partial charge in [-0.3, -0.25) is 0 Å². The molecule has 0 bridgehead atoms. The average Bonchev–Trinajstić information content (AvgIpc) is 2.71. The summed E-state index contributed by atoms with van der Waals surface area (Å²) in [6.07, 6.45) is 11.7. The first kappa shape index (κ1) is 16.9. The number of hydrogen-bond donors (Lipinski definition) is 1. The summed E-state index contributed by atoms with van der Waals surface area (Å²) >= 11 is 0. The SMILES string of the molecule is C[N+]1(C)CCC(OCCCCCCCCCCO)C1. The van der Waals surface area contributed by atoms with E-state index in [9.17, 15) is 0 Å². The summed E-state index contributed by atoms with van der Waals surface area (Å²) in [4.78, 5) is 0. The fourth-order valence-electron chi connectivity index (χ4n) is 2.89. The predicted octanol–water partition coefficient (Wildman–Crippen LogP) is 2.96. The first-order chi connectivity index (χ1) is 9.14. The molecule has 0 aromatic rings. The molecule has 3 heteroatoms. The molecule has 0 amide bonds. The summed E-state index contributed by atoms with van der Waals surface area (Å²) in [5, 5.41) is 8.67. The van der Waals surface area contributed by atoms with E-state index in [4.69, 9.17) is 9.84 Å². The molecular weight excluding hydrogens is 238 g/mol. The minimum absolute atomic E-state index is 0.355. The quantitative estimate of drug-likeness (QED) is 0.463. The smallest absolute Gasteiger partial charge is 0.112 e. The van der Waals surface area contributed by atoms with Gasteiger partial charge in [-0.2, -0.15) is 0 Å². The molecule has 1 unspecified atom stereocenters. The fourth-order valence-corrected chi connectivity index (χ4v) is 2.89. The van der Waals surface area contributed by atoms with Gasteiger partial charge >= 0.3 is 0 Å². The molecule has 1 N–H and O–H groups in total. The van der Waals surface area contributed by atoms with E-state index in [1.807, 2.05) is 0 Å². The van der Waals surface area contributed by atoms with Crippen LogP contribution in [0.2, 0.25) is 0 Å². The van der Waals surface area contributed by atoms with Crippen LogP contribution < -0.4 is 0 Å². The Morgan fingerprint density at radius 3 is 2.05 bits per heavy atom. The van der Waals surface area contributed by atoms with Crippen LogP contribution >= 0.6 is 0 Å². The van der Waals surface area contributed by atoms with Gasteiger partial charge in [-0.05, 0) is 12.8 Å². The maximum atomic E-state index is 8.67. The van der Waals surface area contributed by atoms with Gasteiger partial charge in [-0.25, -0.2) is 0 Å². The molecule has 0 saturated carbocycles. The lowest BCUT2D eigenvalue weighted by Gasteiger charge is -2.23. The second-order valence-corrected chi connectivity index (χ2v) is 6.68. The van der Waals surface area contributed by atoms with Crippen molar-refractivity contribution in [3.8, 4) is 0 Å². The number of aliphatic hydroxyl groups is 1. The molecule has 19 heavy (non-hydrogen) atoms. The maximum Gasteiger partial charge on any atom is 0.112 e. The van der Waals surface area contributed by atoms with E-state index in [0.717, 1.165) is 17.5 Å². The highest BCUT2D eigenvalue weighted by Crippen LogP contribution is 2.17. The monoisotopic (exact) mass is 272 g/mol. The molecule has 1 atom stereocenters. The third-order valence-electron chi connectivity index (χ3n) is 4.16. The van der Waals surface area contributed by atoms with Gasteiger partial charge < -0.3 is 14.3 Å². The zero-order valence-electron chi connectivity index (χ0n) is 13.1. The van der Waals surface area contributed by atoms with Gasteiger partial charge in [0.15, 0.2) is 0 Å². The highest BCUT2D eigenvalue weighted by Gasteiger charge is 2.30. The third kappa shape index (κ3) is 8.61. The van der Waals surface area contributed by atoms with Crippen molar-refractivity contribution in [2.45, 2.75) is 63.9 Å². The van der Waals surface area contributed by atoms with Gasteiger partial charge in [0.05, 0.1) is 20.6 Å². The Hall–Kier alpha value is -0.120. The van der Waals surface area contributed by atoms with Crippen molar-refractivity contribution >= 4 is 0 Å². The first-order valence-electron chi connectivity index (χ1n) is 8.18. The van der Waals surface area contributed by atoms with E-state index in [2.05, 4.69) is 14.1 Å². The molecule has 1 rings (SSSR count). The van der Waals surface area contributed by atoms with Crippen molar-refractivity contribution in [3.63, 3.8) is 0 Å². The largest absolute Gasteiger partial charge is 0.396 e. The standard InChI is InChI=1S/C16H34NO2/c1-17(2)12-11-16(15-17)19-14-10-8-6-4-3-5-7-9-13-18/h16,18H,3-15H2,1-2H3/q+1. The fraction of sp³-hybridized carbons (Fsp3) is 1.00. The topological polar surface area (TPSA) is 29.5 Å². The van der Waals surface area contributed by atoms with Gasteiger partial charge in [0.2, 0.25) is 0 Å². The summed E-state index contributed by atoms with van der Waals surface area (Å²) in [6, 6.07) is 0. The molecule has 0 radical (unpaired) electrons. The van der Waals surface area contributed by atoms with Crippen LogP contribution in [0.1, 0.15) is 57.8 Å². The van der Waals surface area contributed by atoms with E-state index in [1.165, 1.54) is 64.5 Å². The molecule has 114 valence electrons. The number of rotatable bonds is 11. The lowest BCUT2D eigenvalue weighted by atomic mass is 10.1. The molecule has 0 aromatic heterocycles. The second-order valence-electron chi connectivity index (χ2n) is 6.68. The Morgan fingerprint density at radius 2 is 1.53 bits per heavy atom. The molecule has 0 aliphatic carbocycles. The zero-order valence-corrected chi connectivity index (χ0v) is 13.1. The number of likely N-dealkylation sites (N-methyl/N-ethyl adjacent to an activating group) is 1. The van der Waals surface area contributed by atoms with E-state index >= 15 is 0 Å². The van der Waals surface area contributed by atoms with Crippen LogP contribution in [-0.4, -0.2) is 56.1 Å². The van der Waals surface area contributed by atoms with Crippen molar-refractivity contribution in [2.75, 3.05) is 40.4 Å². The normalized spacial score (nSPS) is 21.9. The van der Waals surface area contributed by atoms with E-state index in [-0.39, 0.29) is 0 Å². The van der Waals surface area contributed by atoms with Crippen LogP contribution in [0.5, 0.6) is 0 Å². The third-order valence-corrected chi connectivity index (χ3v) is 4.16. The van der Waals surface area contributed by atoms with Crippen molar-refractivity contribution in [2.24, 2.45) is 0 Å². The highest BCUT2D eigenvalue weighted by molar-refractivity contribution is 4.64. The van der Waals surface area contributed by atoms with Crippen LogP contribution in [0.15, 0.2) is 0 Å². The minimum Gasteiger partial charge on any atom is -0.396 e. The Balaban J connectivity index is 1.79. The van der Waals surface area contributed by atoms with Crippen molar-refractivity contribution in [1.29, 1.82) is 0 Å². The number of unbranched alkanes of at least 4 members (excludes halogenated alkanes) is 7. The zero-order chi connectivity index (χ0) is 14.0. The molecule has 1 aliphatic heterocycles. The van der Waals surface area contributed by atoms with Gasteiger partial charge in [0.1, 0.15) is 12.6 Å². The van der Waals surface area contributed by atoms with Gasteiger partial charge in [-0.1, -0.05) is 38.5 Å². The van der Waals surface area contributed by atoms with E-state index in [1.54, 1.807) is 0 Å². The first-order valence-corrected chi connectivity index (χ1v) is 8.18. The van der Waals surface area contributed by atoms with Crippen LogP contribution in [0.4, 0.5) is 0 Å². The van der Waals surface area contributed by atoms with Gasteiger partial charge in [0.25, 0.3) is 0 Å². The number of hydrogen-bond acceptors (Lipinski definition) is 2. The molecule has 1 fully saturated rings. The lowest BCUT2D eigenvalue weighted by Crippen LogP contribution is -2.37. The van der Waals surface area contributed by atoms with E-state index in [0.29, 0.717) is 12.7 Å². The Labute approximate surface area is 119 Å². The van der Waals surface area contributed by atoms with Gasteiger partial charge in [0, 0.05) is 19.6 Å². The average molecular weight is 272 g/mol. The summed E-state index contributed by atoms with van der Waals surface area (Å²) in [7, 11) is 4.58. The molecule has 3 nitrogen and oxygen atoms in total. The maximum absolute atomic E-state index is 8.67. The number of aliphatic hydroxyl groups excluding tert-OH is 1. The Kier molecular flexibility index (Phi) is 8.67. The van der Waals surface area contributed by atoms with Crippen LogP contribution in [0, 0.1) is 0 Å². The molecule has 1 saturated heterocycles. The summed E-state index contributed by atoms with van der Waals surface area (Å²) in [5.74, 6) is 0. The second kappa shape index (κ2) is 9.73. The van der Waals surface area contributed by atoms with Crippen LogP contribution in [-0.2, 0) is 4.74 Å². The van der Waals surface area contributed by atoms with Crippen molar-refractivity contribution in [3.05, 3.63) is 0 Å². The number of ether oxygens (including phenoxy) is 1. The Bertz CT molecular complexity index is 219. The van der Waals surface area contributed by atoms with Crippen LogP contribution in [0.3, 0.4) is 0 Å². The molecule has 0 spiro atoms. The summed E-state index contributed by atoms with van der Waals surface area (Å²) < 4.78 is 7.08. The van der Waals surface area contributed by atoms with Gasteiger partial charge in [-0.15, -0.1) is 0 Å².